The molecule has 0 aromatic heterocycles. The van der Waals surface area contributed by atoms with E-state index >= 15 is 0 Å². The maximum Gasteiger partial charge on any atom is 0.416 e. The standard InChI is InChI=1S/C19H14F6N2O3/c20-18(21,22)10-4-11(19(23,24)25)6-12(5-10)26-13(28)7-27-16(29)14-8-1-2-9(3-8)15(14)17(27)30/h1-2,4-6,8-9,14-15H,3,7H2,(H,26,28)/t8-,9-,14-,15-/m0/s1. The number of allylic oxidation sites excluding steroid dienone is 2. The number of amides is 3. The molecule has 1 aliphatic heterocycles. The van der Waals surface area contributed by atoms with Crippen LogP contribution in [-0.4, -0.2) is 29.2 Å². The molecule has 160 valence electrons. The van der Waals surface area contributed by atoms with Crippen molar-refractivity contribution in [1.29, 1.82) is 0 Å². The number of carbonyl (C=O) groups excluding carboxylic acids is 3. The lowest BCUT2D eigenvalue weighted by molar-refractivity contribution is -0.144. The molecule has 1 saturated carbocycles. The van der Waals surface area contributed by atoms with E-state index in [4.69, 9.17) is 0 Å². The monoisotopic (exact) mass is 432 g/mol. The number of alkyl halides is 6. The highest BCUT2D eigenvalue weighted by molar-refractivity contribution is 6.09. The smallest absolute Gasteiger partial charge is 0.325 e. The minimum Gasteiger partial charge on any atom is -0.325 e. The Morgan fingerprint density at radius 1 is 0.900 bits per heavy atom. The second kappa shape index (κ2) is 6.58. The van der Waals surface area contributed by atoms with Gasteiger partial charge in [-0.15, -0.1) is 0 Å². The van der Waals surface area contributed by atoms with Gasteiger partial charge in [0.1, 0.15) is 6.54 Å². The highest BCUT2D eigenvalue weighted by Crippen LogP contribution is 2.52. The number of carbonyl (C=O) groups is 3. The van der Waals surface area contributed by atoms with Crippen molar-refractivity contribution in [2.24, 2.45) is 23.7 Å². The van der Waals surface area contributed by atoms with Gasteiger partial charge in [-0.1, -0.05) is 12.2 Å². The summed E-state index contributed by atoms with van der Waals surface area (Å²) in [6, 6.07) is 0.659. The molecule has 5 nitrogen and oxygen atoms in total. The van der Waals surface area contributed by atoms with Crippen molar-refractivity contribution in [3.8, 4) is 0 Å². The Morgan fingerprint density at radius 3 is 1.80 bits per heavy atom. The summed E-state index contributed by atoms with van der Waals surface area (Å²) in [5.74, 6) is -3.47. The van der Waals surface area contributed by atoms with Gasteiger partial charge < -0.3 is 5.32 Å². The van der Waals surface area contributed by atoms with Crippen molar-refractivity contribution in [3.63, 3.8) is 0 Å². The van der Waals surface area contributed by atoms with E-state index in [0.717, 1.165) is 4.90 Å². The summed E-state index contributed by atoms with van der Waals surface area (Å²) in [5.41, 5.74) is -3.90. The fourth-order valence-corrected chi connectivity index (χ4v) is 4.49. The second-order valence-corrected chi connectivity index (χ2v) is 7.61. The number of hydrogen-bond donors (Lipinski definition) is 1. The summed E-state index contributed by atoms with van der Waals surface area (Å²) in [6.45, 7) is -0.776. The van der Waals surface area contributed by atoms with Crippen molar-refractivity contribution in [2.45, 2.75) is 18.8 Å². The van der Waals surface area contributed by atoms with Crippen LogP contribution in [0.1, 0.15) is 17.5 Å². The molecule has 0 radical (unpaired) electrons. The fourth-order valence-electron chi connectivity index (χ4n) is 4.49. The molecule has 1 aromatic rings. The fraction of sp³-hybridized carbons (Fsp3) is 0.421. The maximum atomic E-state index is 12.9. The van der Waals surface area contributed by atoms with Crippen LogP contribution in [0.25, 0.3) is 0 Å². The maximum absolute atomic E-state index is 12.9. The highest BCUT2D eigenvalue weighted by Gasteiger charge is 2.59. The van der Waals surface area contributed by atoms with E-state index in [1.54, 1.807) is 0 Å². The average Bonchev–Trinajstić information content (AvgIpc) is 3.30. The summed E-state index contributed by atoms with van der Waals surface area (Å²) in [4.78, 5) is 38.1. The molecule has 1 N–H and O–H groups in total. The Labute approximate surface area is 165 Å². The number of likely N-dealkylation sites (tertiary alicyclic amines) is 1. The van der Waals surface area contributed by atoms with Crippen LogP contribution < -0.4 is 5.32 Å². The topological polar surface area (TPSA) is 66.5 Å². The minimum atomic E-state index is -5.06. The van der Waals surface area contributed by atoms with Crippen LogP contribution in [-0.2, 0) is 26.7 Å². The van der Waals surface area contributed by atoms with Crippen LogP contribution in [0.2, 0.25) is 0 Å². The predicted octanol–water partition coefficient (Wildman–Crippen LogP) is 3.47. The number of imide groups is 1. The van der Waals surface area contributed by atoms with E-state index in [1.807, 2.05) is 17.5 Å². The molecule has 2 bridgehead atoms. The summed E-state index contributed by atoms with van der Waals surface area (Å²) in [6.07, 6.45) is -5.75. The lowest BCUT2D eigenvalue weighted by Crippen LogP contribution is -2.39. The summed E-state index contributed by atoms with van der Waals surface area (Å²) in [5, 5.41) is 1.94. The molecule has 11 heteroatoms. The van der Waals surface area contributed by atoms with Crippen molar-refractivity contribution in [1.82, 2.24) is 4.90 Å². The lowest BCUT2D eigenvalue weighted by atomic mass is 9.85. The molecule has 1 saturated heterocycles. The van der Waals surface area contributed by atoms with Gasteiger partial charge in [0, 0.05) is 5.69 Å². The first-order valence-corrected chi connectivity index (χ1v) is 8.99. The van der Waals surface area contributed by atoms with Gasteiger partial charge in [0.05, 0.1) is 23.0 Å². The van der Waals surface area contributed by atoms with E-state index < -0.39 is 65.3 Å². The lowest BCUT2D eigenvalue weighted by Gasteiger charge is -2.18. The molecule has 3 aliphatic rings. The largest absolute Gasteiger partial charge is 0.416 e. The molecule has 1 aromatic carbocycles. The van der Waals surface area contributed by atoms with Crippen LogP contribution in [0.5, 0.6) is 0 Å². The zero-order valence-corrected chi connectivity index (χ0v) is 15.1. The SMILES string of the molecule is O=C(CN1C(=O)[C@@H]2[C@@H](C1=O)[C@H]1C=C[C@H]2C1)Nc1cc(C(F)(F)F)cc(C(F)(F)F)c1. The van der Waals surface area contributed by atoms with E-state index in [1.165, 1.54) is 0 Å². The molecule has 2 fully saturated rings. The molecule has 3 amide bonds. The van der Waals surface area contributed by atoms with Crippen molar-refractivity contribution >= 4 is 23.4 Å². The van der Waals surface area contributed by atoms with Gasteiger partial charge in [0.25, 0.3) is 0 Å². The van der Waals surface area contributed by atoms with Crippen LogP contribution in [0.4, 0.5) is 32.0 Å². The Hall–Kier alpha value is -2.85. The van der Waals surface area contributed by atoms with Gasteiger partial charge in [0.15, 0.2) is 0 Å². The number of rotatable bonds is 3. The minimum absolute atomic E-state index is 0.0624. The molecule has 1 heterocycles. The van der Waals surface area contributed by atoms with Gasteiger partial charge in [-0.25, -0.2) is 0 Å². The van der Waals surface area contributed by atoms with Gasteiger partial charge in [-0.3, -0.25) is 19.3 Å². The third kappa shape index (κ3) is 3.35. The van der Waals surface area contributed by atoms with Crippen LogP contribution in [0.15, 0.2) is 30.4 Å². The van der Waals surface area contributed by atoms with E-state index in [9.17, 15) is 40.7 Å². The molecule has 30 heavy (non-hydrogen) atoms. The molecule has 4 rings (SSSR count). The Balaban J connectivity index is 1.52. The van der Waals surface area contributed by atoms with Gasteiger partial charge in [0.2, 0.25) is 17.7 Å². The third-order valence-electron chi connectivity index (χ3n) is 5.73. The second-order valence-electron chi connectivity index (χ2n) is 7.61. The average molecular weight is 432 g/mol. The zero-order valence-electron chi connectivity index (χ0n) is 15.1. The number of nitrogens with one attached hydrogen (secondary N) is 1. The van der Waals surface area contributed by atoms with Gasteiger partial charge in [-0.05, 0) is 36.5 Å². The van der Waals surface area contributed by atoms with Crippen LogP contribution >= 0.6 is 0 Å². The molecule has 2 aliphatic carbocycles. The van der Waals surface area contributed by atoms with Crippen molar-refractivity contribution < 1.29 is 40.7 Å². The van der Waals surface area contributed by atoms with Crippen LogP contribution in [0.3, 0.4) is 0 Å². The first-order chi connectivity index (χ1) is 13.9. The van der Waals surface area contributed by atoms with Crippen molar-refractivity contribution in [3.05, 3.63) is 41.5 Å². The van der Waals surface area contributed by atoms with E-state index in [0.29, 0.717) is 18.6 Å². The van der Waals surface area contributed by atoms with Crippen molar-refractivity contribution in [2.75, 3.05) is 11.9 Å². The first-order valence-electron chi connectivity index (χ1n) is 8.99. The molecule has 4 atom stereocenters. The molecule has 0 unspecified atom stereocenters. The molecule has 0 spiro atoms. The van der Waals surface area contributed by atoms with Gasteiger partial charge in [-0.2, -0.15) is 26.3 Å². The molecular formula is C19H14F6N2O3. The number of halogens is 6. The quantitative estimate of drug-likeness (QED) is 0.452. The highest BCUT2D eigenvalue weighted by atomic mass is 19.4. The zero-order chi connectivity index (χ0) is 22.0. The number of fused-ring (bicyclic) bond motifs is 5. The third-order valence-corrected chi connectivity index (χ3v) is 5.73. The Bertz CT molecular complexity index is 906. The number of anilines is 1. The Morgan fingerprint density at radius 2 is 1.37 bits per heavy atom. The summed E-state index contributed by atoms with van der Waals surface area (Å²) in [7, 11) is 0. The Kier molecular flexibility index (Phi) is 4.48. The first kappa shape index (κ1) is 20.4. The molecular weight excluding hydrogens is 418 g/mol. The predicted molar refractivity (Wildman–Crippen MR) is 89.5 cm³/mol. The van der Waals surface area contributed by atoms with Gasteiger partial charge >= 0.3 is 12.4 Å². The normalized spacial score (nSPS) is 27.7. The summed E-state index contributed by atoms with van der Waals surface area (Å²) >= 11 is 0. The van der Waals surface area contributed by atoms with E-state index in [2.05, 4.69) is 0 Å². The van der Waals surface area contributed by atoms with E-state index in [-0.39, 0.29) is 17.9 Å². The number of nitrogens with zero attached hydrogens (tertiary/aromatic N) is 1. The van der Waals surface area contributed by atoms with Crippen LogP contribution in [0, 0.1) is 23.7 Å². The number of benzene rings is 1. The number of hydrogen-bond acceptors (Lipinski definition) is 3. The summed E-state index contributed by atoms with van der Waals surface area (Å²) < 4.78 is 77.6.